The number of aliphatic hydroxyl groups excluding tert-OH is 1. The van der Waals surface area contributed by atoms with Crippen molar-refractivity contribution in [3.8, 4) is 0 Å². The Kier molecular flexibility index (Phi) is 2.43. The summed E-state index contributed by atoms with van der Waals surface area (Å²) < 4.78 is 0. The van der Waals surface area contributed by atoms with Crippen LogP contribution in [0.25, 0.3) is 0 Å². The minimum absolute atomic E-state index is 0.0497. The van der Waals surface area contributed by atoms with Gasteiger partial charge in [0.15, 0.2) is 0 Å². The van der Waals surface area contributed by atoms with Gasteiger partial charge in [-0.3, -0.25) is 4.79 Å². The van der Waals surface area contributed by atoms with Crippen LogP contribution in [-0.2, 0) is 4.79 Å². The molecule has 0 aromatic heterocycles. The van der Waals surface area contributed by atoms with Crippen LogP contribution in [0, 0.1) is 52.3 Å². The second-order valence-electron chi connectivity index (χ2n) is 10.8. The van der Waals surface area contributed by atoms with E-state index in [2.05, 4.69) is 13.8 Å². The number of carbonyl (C=O) groups excluding carboxylic acids is 1. The van der Waals surface area contributed by atoms with Gasteiger partial charge < -0.3 is 10.2 Å². The highest BCUT2D eigenvalue weighted by molar-refractivity contribution is 5.92. The number of fused-ring (bicyclic) bond motifs is 10. The standard InChI is InChI=1S/C21H30O3/c1-19-5-4-14-16(17(19)11-7-12(11)18(19)23)13-8-15(13)21(24)9-10(22)3-6-20(14,21)2/h10-17,22,24H,3-9H2,1-2H3/t10?,11?,12?,13?,14?,15?,16?,17?,19-,20?,21?/m0/s1. The molecule has 132 valence electrons. The van der Waals surface area contributed by atoms with Crippen LogP contribution in [0.5, 0.6) is 0 Å². The van der Waals surface area contributed by atoms with Crippen molar-refractivity contribution < 1.29 is 15.0 Å². The molecule has 6 rings (SSSR count). The summed E-state index contributed by atoms with van der Waals surface area (Å²) in [7, 11) is 0. The first-order chi connectivity index (χ1) is 11.3. The van der Waals surface area contributed by atoms with Crippen LogP contribution < -0.4 is 0 Å². The number of carbonyl (C=O) groups is 1. The summed E-state index contributed by atoms with van der Waals surface area (Å²) in [5.41, 5.74) is -0.760. The predicted octanol–water partition coefficient (Wildman–Crippen LogP) is 2.79. The molecule has 0 bridgehead atoms. The Morgan fingerprint density at radius 3 is 2.62 bits per heavy atom. The van der Waals surface area contributed by atoms with E-state index in [0.717, 1.165) is 38.5 Å². The summed E-state index contributed by atoms with van der Waals surface area (Å²) >= 11 is 0. The molecule has 0 aromatic rings. The summed E-state index contributed by atoms with van der Waals surface area (Å²) in [5, 5.41) is 21.9. The summed E-state index contributed by atoms with van der Waals surface area (Å²) in [5.74, 6) is 4.46. The normalized spacial score (nSPS) is 69.1. The highest BCUT2D eigenvalue weighted by atomic mass is 16.3. The number of aliphatic hydroxyl groups is 2. The summed E-state index contributed by atoms with van der Waals surface area (Å²) in [6, 6.07) is 0. The Hall–Kier alpha value is -0.410. The van der Waals surface area contributed by atoms with Crippen molar-refractivity contribution in [3.05, 3.63) is 0 Å². The highest BCUT2D eigenvalue weighted by Crippen LogP contribution is 2.78. The zero-order chi connectivity index (χ0) is 16.6. The van der Waals surface area contributed by atoms with Crippen LogP contribution in [0.15, 0.2) is 0 Å². The molecular weight excluding hydrogens is 300 g/mol. The highest BCUT2D eigenvalue weighted by Gasteiger charge is 2.78. The quantitative estimate of drug-likeness (QED) is 0.718. The van der Waals surface area contributed by atoms with Gasteiger partial charge in [0.25, 0.3) is 0 Å². The molecule has 0 radical (unpaired) electrons. The summed E-state index contributed by atoms with van der Waals surface area (Å²) in [6.07, 6.45) is 6.50. The van der Waals surface area contributed by atoms with Crippen molar-refractivity contribution in [2.75, 3.05) is 0 Å². The number of hydrogen-bond acceptors (Lipinski definition) is 3. The lowest BCUT2D eigenvalue weighted by Crippen LogP contribution is -2.64. The Balaban J connectivity index is 1.45. The molecule has 10 unspecified atom stereocenters. The maximum absolute atomic E-state index is 12.9. The van der Waals surface area contributed by atoms with E-state index in [0.29, 0.717) is 53.6 Å². The van der Waals surface area contributed by atoms with Gasteiger partial charge in [-0.25, -0.2) is 0 Å². The zero-order valence-corrected chi connectivity index (χ0v) is 14.9. The van der Waals surface area contributed by atoms with Crippen molar-refractivity contribution in [1.82, 2.24) is 0 Å². The van der Waals surface area contributed by atoms with Gasteiger partial charge in [0, 0.05) is 17.8 Å². The molecule has 0 saturated heterocycles. The fourth-order valence-corrected chi connectivity index (χ4v) is 8.83. The fourth-order valence-electron chi connectivity index (χ4n) is 8.83. The van der Waals surface area contributed by atoms with E-state index in [1.54, 1.807) is 0 Å². The van der Waals surface area contributed by atoms with E-state index in [9.17, 15) is 15.0 Å². The van der Waals surface area contributed by atoms with E-state index in [-0.39, 0.29) is 16.9 Å². The van der Waals surface area contributed by atoms with Crippen molar-refractivity contribution in [2.24, 2.45) is 52.3 Å². The molecule has 0 spiro atoms. The van der Waals surface area contributed by atoms with Crippen LogP contribution >= 0.6 is 0 Å². The van der Waals surface area contributed by atoms with Crippen LogP contribution in [0.1, 0.15) is 58.8 Å². The average Bonchev–Trinajstić information content (AvgIpc) is 3.41. The maximum atomic E-state index is 12.9. The van der Waals surface area contributed by atoms with E-state index in [4.69, 9.17) is 0 Å². The minimum atomic E-state index is -0.657. The predicted molar refractivity (Wildman–Crippen MR) is 88.9 cm³/mol. The lowest BCUT2D eigenvalue weighted by molar-refractivity contribution is -0.225. The third-order valence-electron chi connectivity index (χ3n) is 10.1. The Morgan fingerprint density at radius 2 is 1.83 bits per heavy atom. The Labute approximate surface area is 144 Å². The monoisotopic (exact) mass is 330 g/mol. The topological polar surface area (TPSA) is 57.5 Å². The van der Waals surface area contributed by atoms with Crippen LogP contribution in [0.2, 0.25) is 0 Å². The molecule has 0 aliphatic heterocycles. The lowest BCUT2D eigenvalue weighted by Gasteiger charge is -2.63. The molecule has 0 amide bonds. The molecule has 3 nitrogen and oxygen atoms in total. The number of Topliss-reactive ketones (excluding diaryl/α,β-unsaturated/α-hetero) is 1. The van der Waals surface area contributed by atoms with Crippen molar-refractivity contribution >= 4 is 5.78 Å². The van der Waals surface area contributed by atoms with Gasteiger partial charge >= 0.3 is 0 Å². The first kappa shape index (κ1) is 14.7. The molecule has 2 N–H and O–H groups in total. The van der Waals surface area contributed by atoms with Gasteiger partial charge in [-0.2, -0.15) is 0 Å². The molecule has 11 atom stereocenters. The molecule has 24 heavy (non-hydrogen) atoms. The maximum Gasteiger partial charge on any atom is 0.142 e. The SMILES string of the molecule is CC12CCC(O)CC1(O)C1CC1C1C2CC[C@]2(C)C(=O)C3CC3C12. The minimum Gasteiger partial charge on any atom is -0.393 e. The molecule has 6 saturated carbocycles. The smallest absolute Gasteiger partial charge is 0.142 e. The van der Waals surface area contributed by atoms with Gasteiger partial charge in [-0.15, -0.1) is 0 Å². The van der Waals surface area contributed by atoms with Crippen LogP contribution in [0.3, 0.4) is 0 Å². The van der Waals surface area contributed by atoms with Gasteiger partial charge in [0.1, 0.15) is 5.78 Å². The summed E-state index contributed by atoms with van der Waals surface area (Å²) in [4.78, 5) is 12.9. The molecule has 3 heteroatoms. The zero-order valence-electron chi connectivity index (χ0n) is 14.9. The second-order valence-corrected chi connectivity index (χ2v) is 10.8. The molecular formula is C21H30O3. The van der Waals surface area contributed by atoms with Gasteiger partial charge in [-0.05, 0) is 79.4 Å². The fraction of sp³-hybridized carbons (Fsp3) is 0.952. The van der Waals surface area contributed by atoms with Crippen molar-refractivity contribution in [2.45, 2.75) is 70.5 Å². The third kappa shape index (κ3) is 1.37. The first-order valence-corrected chi connectivity index (χ1v) is 10.3. The molecule has 0 heterocycles. The number of ketones is 1. The summed E-state index contributed by atoms with van der Waals surface area (Å²) in [6.45, 7) is 4.60. The van der Waals surface area contributed by atoms with Crippen molar-refractivity contribution in [3.63, 3.8) is 0 Å². The van der Waals surface area contributed by atoms with Gasteiger partial charge in [-0.1, -0.05) is 13.8 Å². The first-order valence-electron chi connectivity index (χ1n) is 10.3. The molecule has 6 fully saturated rings. The van der Waals surface area contributed by atoms with E-state index >= 15 is 0 Å². The largest absolute Gasteiger partial charge is 0.393 e. The lowest BCUT2D eigenvalue weighted by atomic mass is 9.43. The van der Waals surface area contributed by atoms with Crippen LogP contribution in [-0.4, -0.2) is 27.7 Å². The second kappa shape index (κ2) is 3.96. The Bertz CT molecular complexity index is 645. The number of hydrogen-bond donors (Lipinski definition) is 2. The van der Waals surface area contributed by atoms with Gasteiger partial charge in [0.2, 0.25) is 0 Å². The van der Waals surface area contributed by atoms with E-state index < -0.39 is 5.60 Å². The molecule has 0 aromatic carbocycles. The third-order valence-corrected chi connectivity index (χ3v) is 10.1. The molecule has 6 aliphatic carbocycles. The Morgan fingerprint density at radius 1 is 1.04 bits per heavy atom. The average molecular weight is 330 g/mol. The number of rotatable bonds is 0. The van der Waals surface area contributed by atoms with E-state index in [1.807, 2.05) is 0 Å². The van der Waals surface area contributed by atoms with Gasteiger partial charge in [0.05, 0.1) is 11.7 Å². The van der Waals surface area contributed by atoms with E-state index in [1.165, 1.54) is 0 Å². The van der Waals surface area contributed by atoms with Crippen LogP contribution in [0.4, 0.5) is 0 Å². The van der Waals surface area contributed by atoms with Crippen molar-refractivity contribution in [1.29, 1.82) is 0 Å². The molecule has 6 aliphatic rings.